The van der Waals surface area contributed by atoms with Crippen molar-refractivity contribution < 1.29 is 4.79 Å². The molecule has 0 atom stereocenters. The third-order valence-electron chi connectivity index (χ3n) is 2.01. The van der Waals surface area contributed by atoms with E-state index in [1.807, 2.05) is 12.3 Å². The molecule has 0 unspecified atom stereocenters. The van der Waals surface area contributed by atoms with E-state index < -0.39 is 0 Å². The lowest BCUT2D eigenvalue weighted by Crippen LogP contribution is -2.23. The van der Waals surface area contributed by atoms with Gasteiger partial charge in [0.1, 0.15) is 15.3 Å². The monoisotopic (exact) mass is 311 g/mol. The fraction of sp³-hybridized carbons (Fsp3) is 0.182. The molecule has 0 saturated carbocycles. The second-order valence-electron chi connectivity index (χ2n) is 3.41. The van der Waals surface area contributed by atoms with Gasteiger partial charge >= 0.3 is 0 Å². The van der Waals surface area contributed by atoms with E-state index in [4.69, 9.17) is 0 Å². The van der Waals surface area contributed by atoms with Crippen LogP contribution < -0.4 is 5.32 Å². The summed E-state index contributed by atoms with van der Waals surface area (Å²) in [6.45, 7) is 2.36. The standard InChI is InChI=1S/C11H10BrN3OS/c1-7-6-17-10(14-7)5-13-11(16)8-3-2-4-9(12)15-8/h2-4,6H,5H2,1H3,(H,13,16). The number of aryl methyl sites for hydroxylation is 1. The van der Waals surface area contributed by atoms with Crippen LogP contribution in [0.4, 0.5) is 0 Å². The average Bonchev–Trinajstić information content (AvgIpc) is 2.72. The Kier molecular flexibility index (Phi) is 3.86. The van der Waals surface area contributed by atoms with E-state index in [9.17, 15) is 4.79 Å². The Hall–Kier alpha value is -1.27. The summed E-state index contributed by atoms with van der Waals surface area (Å²) in [6, 6.07) is 5.23. The molecule has 88 valence electrons. The Morgan fingerprint density at radius 1 is 1.47 bits per heavy atom. The highest BCUT2D eigenvalue weighted by Gasteiger charge is 2.08. The first-order chi connectivity index (χ1) is 8.15. The third kappa shape index (κ3) is 3.34. The lowest BCUT2D eigenvalue weighted by atomic mass is 10.3. The number of amides is 1. The fourth-order valence-corrected chi connectivity index (χ4v) is 2.32. The molecule has 2 rings (SSSR count). The predicted molar refractivity (Wildman–Crippen MR) is 70.0 cm³/mol. The molecule has 4 nitrogen and oxygen atoms in total. The highest BCUT2D eigenvalue weighted by molar-refractivity contribution is 9.10. The second-order valence-corrected chi connectivity index (χ2v) is 5.17. The van der Waals surface area contributed by atoms with E-state index in [0.29, 0.717) is 16.8 Å². The maximum Gasteiger partial charge on any atom is 0.270 e. The quantitative estimate of drug-likeness (QED) is 0.886. The van der Waals surface area contributed by atoms with Gasteiger partial charge in [-0.05, 0) is 35.0 Å². The molecule has 0 aromatic carbocycles. The van der Waals surface area contributed by atoms with Crippen LogP contribution in [0.25, 0.3) is 0 Å². The van der Waals surface area contributed by atoms with Crippen molar-refractivity contribution in [3.8, 4) is 0 Å². The number of nitrogens with one attached hydrogen (secondary N) is 1. The minimum absolute atomic E-state index is 0.195. The van der Waals surface area contributed by atoms with Crippen molar-refractivity contribution in [1.82, 2.24) is 15.3 Å². The molecule has 2 aromatic rings. The maximum atomic E-state index is 11.8. The van der Waals surface area contributed by atoms with E-state index in [2.05, 4.69) is 31.2 Å². The van der Waals surface area contributed by atoms with Gasteiger partial charge in [-0.25, -0.2) is 9.97 Å². The molecular weight excluding hydrogens is 302 g/mol. The summed E-state index contributed by atoms with van der Waals surface area (Å²) >= 11 is 4.76. The third-order valence-corrected chi connectivity index (χ3v) is 3.42. The zero-order valence-corrected chi connectivity index (χ0v) is 11.5. The molecule has 17 heavy (non-hydrogen) atoms. The van der Waals surface area contributed by atoms with Crippen LogP contribution >= 0.6 is 27.3 Å². The number of carbonyl (C=O) groups excluding carboxylic acids is 1. The number of thiazole rings is 1. The normalized spacial score (nSPS) is 10.2. The summed E-state index contributed by atoms with van der Waals surface area (Å²) in [7, 11) is 0. The highest BCUT2D eigenvalue weighted by atomic mass is 79.9. The van der Waals surface area contributed by atoms with Crippen LogP contribution in [0, 0.1) is 6.92 Å². The molecule has 0 bridgehead atoms. The smallest absolute Gasteiger partial charge is 0.270 e. The highest BCUT2D eigenvalue weighted by Crippen LogP contribution is 2.09. The number of rotatable bonds is 3. The van der Waals surface area contributed by atoms with Crippen molar-refractivity contribution in [1.29, 1.82) is 0 Å². The lowest BCUT2D eigenvalue weighted by molar-refractivity contribution is 0.0945. The first kappa shape index (κ1) is 12.2. The molecule has 0 saturated heterocycles. The molecule has 0 aliphatic rings. The van der Waals surface area contributed by atoms with Crippen LogP contribution in [0.1, 0.15) is 21.2 Å². The van der Waals surface area contributed by atoms with Crippen molar-refractivity contribution in [3.05, 3.63) is 44.6 Å². The van der Waals surface area contributed by atoms with Crippen molar-refractivity contribution >= 4 is 33.2 Å². The van der Waals surface area contributed by atoms with Crippen LogP contribution in [-0.2, 0) is 6.54 Å². The minimum Gasteiger partial charge on any atom is -0.344 e. The minimum atomic E-state index is -0.195. The van der Waals surface area contributed by atoms with Crippen LogP contribution in [-0.4, -0.2) is 15.9 Å². The van der Waals surface area contributed by atoms with Crippen molar-refractivity contribution in [3.63, 3.8) is 0 Å². The van der Waals surface area contributed by atoms with Gasteiger partial charge in [-0.1, -0.05) is 6.07 Å². The Bertz CT molecular complexity index is 541. The number of halogens is 1. The predicted octanol–water partition coefficient (Wildman–Crippen LogP) is 2.54. The summed E-state index contributed by atoms with van der Waals surface area (Å²) in [5.41, 5.74) is 1.37. The van der Waals surface area contributed by atoms with Crippen LogP contribution in [0.2, 0.25) is 0 Å². The molecule has 1 N–H and O–H groups in total. The molecule has 6 heteroatoms. The molecule has 0 aliphatic carbocycles. The van der Waals surface area contributed by atoms with Crippen LogP contribution in [0.3, 0.4) is 0 Å². The summed E-state index contributed by atoms with van der Waals surface area (Å²) in [4.78, 5) is 20.1. The summed E-state index contributed by atoms with van der Waals surface area (Å²) < 4.78 is 0.648. The zero-order valence-electron chi connectivity index (χ0n) is 9.11. The number of pyridine rings is 1. The van der Waals surface area contributed by atoms with Gasteiger partial charge in [0.25, 0.3) is 5.91 Å². The molecule has 2 aromatic heterocycles. The Labute approximate surface area is 111 Å². The van der Waals surface area contributed by atoms with E-state index in [0.717, 1.165) is 10.7 Å². The SMILES string of the molecule is Cc1csc(CNC(=O)c2cccc(Br)n2)n1. The van der Waals surface area contributed by atoms with Gasteiger partial charge in [-0.3, -0.25) is 4.79 Å². The van der Waals surface area contributed by atoms with E-state index >= 15 is 0 Å². The first-order valence-corrected chi connectivity index (χ1v) is 6.64. The molecule has 0 fully saturated rings. The van der Waals surface area contributed by atoms with Gasteiger partial charge < -0.3 is 5.32 Å². The van der Waals surface area contributed by atoms with E-state index in [-0.39, 0.29) is 5.91 Å². The Morgan fingerprint density at radius 2 is 2.29 bits per heavy atom. The van der Waals surface area contributed by atoms with E-state index in [1.165, 1.54) is 11.3 Å². The molecule has 0 aliphatic heterocycles. The lowest BCUT2D eigenvalue weighted by Gasteiger charge is -2.02. The van der Waals surface area contributed by atoms with Gasteiger partial charge in [0.05, 0.1) is 6.54 Å². The molecule has 1 amide bonds. The van der Waals surface area contributed by atoms with E-state index in [1.54, 1.807) is 18.2 Å². The largest absolute Gasteiger partial charge is 0.344 e. The van der Waals surface area contributed by atoms with Crippen LogP contribution in [0.15, 0.2) is 28.2 Å². The van der Waals surface area contributed by atoms with Gasteiger partial charge in [0.2, 0.25) is 0 Å². The summed E-state index contributed by atoms with van der Waals surface area (Å²) in [5.74, 6) is -0.195. The molecule has 0 spiro atoms. The number of hydrogen-bond donors (Lipinski definition) is 1. The number of aromatic nitrogens is 2. The molecule has 0 radical (unpaired) electrons. The summed E-state index contributed by atoms with van der Waals surface area (Å²) in [5, 5.41) is 5.63. The number of hydrogen-bond acceptors (Lipinski definition) is 4. The van der Waals surface area contributed by atoms with Crippen molar-refractivity contribution in [2.75, 3.05) is 0 Å². The fourth-order valence-electron chi connectivity index (χ4n) is 1.27. The Morgan fingerprint density at radius 3 is 2.94 bits per heavy atom. The van der Waals surface area contributed by atoms with Gasteiger partial charge in [0.15, 0.2) is 0 Å². The first-order valence-electron chi connectivity index (χ1n) is 4.97. The number of nitrogens with zero attached hydrogens (tertiary/aromatic N) is 2. The zero-order chi connectivity index (χ0) is 12.3. The van der Waals surface area contributed by atoms with Gasteiger partial charge in [-0.15, -0.1) is 11.3 Å². The topological polar surface area (TPSA) is 54.9 Å². The average molecular weight is 312 g/mol. The van der Waals surface area contributed by atoms with Gasteiger partial charge in [-0.2, -0.15) is 0 Å². The van der Waals surface area contributed by atoms with Crippen LogP contribution in [0.5, 0.6) is 0 Å². The summed E-state index contributed by atoms with van der Waals surface area (Å²) in [6.07, 6.45) is 0. The molecular formula is C11H10BrN3OS. The second kappa shape index (κ2) is 5.37. The van der Waals surface area contributed by atoms with Gasteiger partial charge in [0, 0.05) is 11.1 Å². The number of carbonyl (C=O) groups is 1. The van der Waals surface area contributed by atoms with Crippen molar-refractivity contribution in [2.24, 2.45) is 0 Å². The Balaban J connectivity index is 1.98. The maximum absolute atomic E-state index is 11.8. The van der Waals surface area contributed by atoms with Crippen molar-refractivity contribution in [2.45, 2.75) is 13.5 Å². The molecule has 2 heterocycles.